The first kappa shape index (κ1) is 18.3. The van der Waals surface area contributed by atoms with Crippen molar-refractivity contribution in [1.82, 2.24) is 10.6 Å². The average molecular weight is 304 g/mol. The number of rotatable bonds is 8. The first-order valence-electron chi connectivity index (χ1n) is 8.37. The van der Waals surface area contributed by atoms with E-state index in [1.165, 1.54) is 11.3 Å². The number of guanidine groups is 1. The summed E-state index contributed by atoms with van der Waals surface area (Å²) in [4.78, 5) is 6.77. The van der Waals surface area contributed by atoms with Gasteiger partial charge in [-0.05, 0) is 50.8 Å². The topological polar surface area (TPSA) is 39.7 Å². The molecule has 4 nitrogen and oxygen atoms in total. The van der Waals surface area contributed by atoms with Gasteiger partial charge >= 0.3 is 0 Å². The normalized spacial score (nSPS) is 12.9. The Morgan fingerprint density at radius 1 is 1.18 bits per heavy atom. The molecule has 0 fully saturated rings. The first-order chi connectivity index (χ1) is 10.6. The molecule has 1 unspecified atom stereocenters. The number of aliphatic imine (C=N–C) groups is 1. The molecule has 1 rings (SSSR count). The number of hydrogen-bond acceptors (Lipinski definition) is 2. The van der Waals surface area contributed by atoms with E-state index in [0.29, 0.717) is 6.04 Å². The maximum Gasteiger partial charge on any atom is 0.191 e. The van der Waals surface area contributed by atoms with Crippen molar-refractivity contribution in [2.75, 3.05) is 32.1 Å². The molecule has 0 spiro atoms. The third-order valence-corrected chi connectivity index (χ3v) is 3.69. The second kappa shape index (κ2) is 10.1. The molecule has 0 amide bonds. The SMILES string of the molecule is CCNC(=NCCCc1ccc(N(C)C)cc1)NC(C)CC. The van der Waals surface area contributed by atoms with E-state index in [4.69, 9.17) is 0 Å². The van der Waals surface area contributed by atoms with Crippen LogP contribution in [0.3, 0.4) is 0 Å². The predicted octanol–water partition coefficient (Wildman–Crippen LogP) is 3.04. The molecule has 4 heteroatoms. The lowest BCUT2D eigenvalue weighted by Crippen LogP contribution is -2.42. The molecule has 0 aliphatic carbocycles. The van der Waals surface area contributed by atoms with Crippen molar-refractivity contribution in [2.24, 2.45) is 4.99 Å². The minimum Gasteiger partial charge on any atom is -0.378 e. The fourth-order valence-corrected chi connectivity index (χ4v) is 2.09. The zero-order valence-corrected chi connectivity index (χ0v) is 14.8. The van der Waals surface area contributed by atoms with Gasteiger partial charge in [-0.3, -0.25) is 4.99 Å². The number of aryl methyl sites for hydroxylation is 1. The third-order valence-electron chi connectivity index (χ3n) is 3.69. The minimum atomic E-state index is 0.455. The predicted molar refractivity (Wildman–Crippen MR) is 98.0 cm³/mol. The third kappa shape index (κ3) is 6.83. The van der Waals surface area contributed by atoms with Gasteiger partial charge in [-0.2, -0.15) is 0 Å². The van der Waals surface area contributed by atoms with E-state index in [2.05, 4.69) is 79.7 Å². The molecule has 22 heavy (non-hydrogen) atoms. The summed E-state index contributed by atoms with van der Waals surface area (Å²) < 4.78 is 0. The second-order valence-electron chi connectivity index (χ2n) is 5.88. The molecule has 0 aliphatic rings. The summed E-state index contributed by atoms with van der Waals surface area (Å²) in [7, 11) is 4.13. The van der Waals surface area contributed by atoms with Crippen LogP contribution in [0.15, 0.2) is 29.3 Å². The summed E-state index contributed by atoms with van der Waals surface area (Å²) in [5, 5.41) is 6.72. The van der Waals surface area contributed by atoms with Gasteiger partial charge in [-0.25, -0.2) is 0 Å². The van der Waals surface area contributed by atoms with Gasteiger partial charge in [0.1, 0.15) is 0 Å². The van der Waals surface area contributed by atoms with Crippen molar-refractivity contribution in [3.63, 3.8) is 0 Å². The van der Waals surface area contributed by atoms with E-state index in [0.717, 1.165) is 38.3 Å². The van der Waals surface area contributed by atoms with Crippen LogP contribution in [0.4, 0.5) is 5.69 Å². The Bertz CT molecular complexity index is 437. The monoisotopic (exact) mass is 304 g/mol. The van der Waals surface area contributed by atoms with Crippen LogP contribution in [-0.2, 0) is 6.42 Å². The van der Waals surface area contributed by atoms with E-state index in [9.17, 15) is 0 Å². The Morgan fingerprint density at radius 2 is 1.86 bits per heavy atom. The van der Waals surface area contributed by atoms with E-state index in [1.807, 2.05) is 0 Å². The molecule has 0 heterocycles. The largest absolute Gasteiger partial charge is 0.378 e. The smallest absolute Gasteiger partial charge is 0.191 e. The molecule has 0 aromatic heterocycles. The molecule has 0 saturated carbocycles. The van der Waals surface area contributed by atoms with E-state index >= 15 is 0 Å². The highest BCUT2D eigenvalue weighted by Crippen LogP contribution is 2.13. The van der Waals surface area contributed by atoms with E-state index in [1.54, 1.807) is 0 Å². The lowest BCUT2D eigenvalue weighted by Gasteiger charge is -2.16. The lowest BCUT2D eigenvalue weighted by atomic mass is 10.1. The summed E-state index contributed by atoms with van der Waals surface area (Å²) in [5.41, 5.74) is 2.62. The van der Waals surface area contributed by atoms with Crippen LogP contribution in [0.1, 0.15) is 39.2 Å². The average Bonchev–Trinajstić information content (AvgIpc) is 2.51. The second-order valence-corrected chi connectivity index (χ2v) is 5.88. The lowest BCUT2D eigenvalue weighted by molar-refractivity contribution is 0.623. The molecular weight excluding hydrogens is 272 g/mol. The summed E-state index contributed by atoms with van der Waals surface area (Å²) in [6.07, 6.45) is 3.24. The maximum atomic E-state index is 4.65. The number of benzene rings is 1. The Balaban J connectivity index is 2.42. The molecular formula is C18H32N4. The molecule has 124 valence electrons. The Morgan fingerprint density at radius 3 is 2.41 bits per heavy atom. The summed E-state index contributed by atoms with van der Waals surface area (Å²) in [6, 6.07) is 9.22. The standard InChI is InChI=1S/C18H32N4/c1-6-15(3)21-18(19-7-2)20-14-8-9-16-10-12-17(13-11-16)22(4)5/h10-13,15H,6-9,14H2,1-5H3,(H2,19,20,21). The molecule has 0 bridgehead atoms. The van der Waals surface area contributed by atoms with Crippen LogP contribution in [-0.4, -0.2) is 39.2 Å². The zero-order valence-electron chi connectivity index (χ0n) is 14.8. The van der Waals surface area contributed by atoms with Crippen LogP contribution >= 0.6 is 0 Å². The van der Waals surface area contributed by atoms with Gasteiger partial charge in [0, 0.05) is 38.9 Å². The van der Waals surface area contributed by atoms with Gasteiger partial charge in [0.15, 0.2) is 5.96 Å². The van der Waals surface area contributed by atoms with Crippen molar-refractivity contribution in [3.05, 3.63) is 29.8 Å². The van der Waals surface area contributed by atoms with Crippen LogP contribution in [0.25, 0.3) is 0 Å². The van der Waals surface area contributed by atoms with Crippen LogP contribution < -0.4 is 15.5 Å². The molecule has 1 aromatic carbocycles. The minimum absolute atomic E-state index is 0.455. The van der Waals surface area contributed by atoms with Crippen LogP contribution in [0.2, 0.25) is 0 Å². The highest BCUT2D eigenvalue weighted by molar-refractivity contribution is 5.80. The number of nitrogens with one attached hydrogen (secondary N) is 2. The fourth-order valence-electron chi connectivity index (χ4n) is 2.09. The summed E-state index contributed by atoms with van der Waals surface area (Å²) in [5.74, 6) is 0.930. The number of anilines is 1. The molecule has 0 saturated heterocycles. The fraction of sp³-hybridized carbons (Fsp3) is 0.611. The molecule has 1 aromatic rings. The van der Waals surface area contributed by atoms with Gasteiger partial charge in [-0.1, -0.05) is 19.1 Å². The number of nitrogens with zero attached hydrogens (tertiary/aromatic N) is 2. The van der Waals surface area contributed by atoms with Crippen molar-refractivity contribution < 1.29 is 0 Å². The van der Waals surface area contributed by atoms with Crippen molar-refractivity contribution in [3.8, 4) is 0 Å². The van der Waals surface area contributed by atoms with Crippen LogP contribution in [0, 0.1) is 0 Å². The van der Waals surface area contributed by atoms with Gasteiger partial charge in [0.25, 0.3) is 0 Å². The highest BCUT2D eigenvalue weighted by atomic mass is 15.2. The molecule has 0 aliphatic heterocycles. The quantitative estimate of drug-likeness (QED) is 0.440. The van der Waals surface area contributed by atoms with E-state index < -0.39 is 0 Å². The van der Waals surface area contributed by atoms with Crippen LogP contribution in [0.5, 0.6) is 0 Å². The number of hydrogen-bond donors (Lipinski definition) is 2. The van der Waals surface area contributed by atoms with Crippen molar-refractivity contribution >= 4 is 11.6 Å². The van der Waals surface area contributed by atoms with Gasteiger partial charge in [-0.15, -0.1) is 0 Å². The van der Waals surface area contributed by atoms with Gasteiger partial charge in [0.05, 0.1) is 0 Å². The van der Waals surface area contributed by atoms with Gasteiger partial charge < -0.3 is 15.5 Å². The van der Waals surface area contributed by atoms with E-state index in [-0.39, 0.29) is 0 Å². The van der Waals surface area contributed by atoms with Crippen molar-refractivity contribution in [2.45, 2.75) is 46.1 Å². The highest BCUT2D eigenvalue weighted by Gasteiger charge is 2.02. The first-order valence-corrected chi connectivity index (χ1v) is 8.37. The zero-order chi connectivity index (χ0) is 16.4. The maximum absolute atomic E-state index is 4.65. The molecule has 0 radical (unpaired) electrons. The summed E-state index contributed by atoms with van der Waals surface area (Å²) in [6.45, 7) is 8.20. The Kier molecular flexibility index (Phi) is 8.41. The Labute approximate surface area is 136 Å². The van der Waals surface area contributed by atoms with Gasteiger partial charge in [0.2, 0.25) is 0 Å². The molecule has 1 atom stereocenters. The summed E-state index contributed by atoms with van der Waals surface area (Å²) >= 11 is 0. The Hall–Kier alpha value is -1.71. The molecule has 2 N–H and O–H groups in total. The van der Waals surface area contributed by atoms with Crippen molar-refractivity contribution in [1.29, 1.82) is 0 Å².